The first-order valence-corrected chi connectivity index (χ1v) is 10.9. The van der Waals surface area contributed by atoms with Crippen LogP contribution in [0.1, 0.15) is 47.2 Å². The minimum atomic E-state index is -0.469. The smallest absolute Gasteiger partial charge is 0.250 e. The second-order valence-electron chi connectivity index (χ2n) is 7.33. The number of hydrogen-bond acceptors (Lipinski definition) is 5. The molecule has 0 saturated carbocycles. The van der Waals surface area contributed by atoms with E-state index in [1.54, 1.807) is 6.07 Å². The fourth-order valence-electron chi connectivity index (χ4n) is 3.80. The lowest BCUT2D eigenvalue weighted by Gasteiger charge is -2.22. The number of anilines is 1. The molecule has 1 fully saturated rings. The average molecular weight is 427 g/mol. The first-order valence-electron chi connectivity index (χ1n) is 10.3. The van der Waals surface area contributed by atoms with Gasteiger partial charge in [0, 0.05) is 22.8 Å². The van der Waals surface area contributed by atoms with E-state index in [0.29, 0.717) is 29.5 Å². The lowest BCUT2D eigenvalue weighted by atomic mass is 9.89. The molecule has 0 bridgehead atoms. The number of aromatic nitrogens is 1. The highest BCUT2D eigenvalue weighted by molar-refractivity contribution is 7.80. The summed E-state index contributed by atoms with van der Waals surface area (Å²) in [6.45, 7) is 4.33. The van der Waals surface area contributed by atoms with E-state index in [4.69, 9.17) is 16.2 Å². The number of piperidine rings is 1. The highest BCUT2D eigenvalue weighted by atomic mass is 32.1. The van der Waals surface area contributed by atoms with E-state index in [-0.39, 0.29) is 0 Å². The summed E-state index contributed by atoms with van der Waals surface area (Å²) in [4.78, 5) is 15.2. The molecule has 0 unspecified atom stereocenters. The minimum absolute atomic E-state index is 0.337. The summed E-state index contributed by atoms with van der Waals surface area (Å²) in [6, 6.07) is 11.3. The van der Waals surface area contributed by atoms with E-state index in [9.17, 15) is 4.79 Å². The van der Waals surface area contributed by atoms with Gasteiger partial charge in [-0.25, -0.2) is 0 Å². The SMILES string of the molecule is CCS.NC(=O)c1cc(OCc2ccccc2N)cc2c(C3CCNCC3)c[nH]c12. The number of thiol groups is 1. The van der Waals surface area contributed by atoms with Crippen molar-refractivity contribution in [1.29, 1.82) is 0 Å². The molecule has 4 rings (SSSR count). The first kappa shape index (κ1) is 22.1. The predicted molar refractivity (Wildman–Crippen MR) is 126 cm³/mol. The number of nitrogens with two attached hydrogens (primary N) is 2. The van der Waals surface area contributed by atoms with Gasteiger partial charge in [0.15, 0.2) is 0 Å². The Bertz CT molecular complexity index is 996. The van der Waals surface area contributed by atoms with Gasteiger partial charge in [-0.15, -0.1) is 0 Å². The predicted octanol–water partition coefficient (Wildman–Crippen LogP) is 3.83. The first-order chi connectivity index (χ1) is 14.5. The number of primary amides is 1. The molecule has 0 spiro atoms. The van der Waals surface area contributed by atoms with Crippen LogP contribution >= 0.6 is 12.6 Å². The molecule has 1 amide bonds. The van der Waals surface area contributed by atoms with Gasteiger partial charge in [-0.3, -0.25) is 4.79 Å². The molecule has 160 valence electrons. The summed E-state index contributed by atoms with van der Waals surface area (Å²) < 4.78 is 5.97. The molecule has 0 radical (unpaired) electrons. The molecule has 0 atom stereocenters. The number of fused-ring (bicyclic) bond motifs is 1. The number of carbonyl (C=O) groups excluding carboxylic acids is 1. The van der Waals surface area contributed by atoms with Crippen LogP contribution in [0.3, 0.4) is 0 Å². The maximum Gasteiger partial charge on any atom is 0.250 e. The zero-order valence-electron chi connectivity index (χ0n) is 17.3. The monoisotopic (exact) mass is 426 g/mol. The molecular formula is C23H30N4O2S. The normalized spacial score (nSPS) is 14.2. The van der Waals surface area contributed by atoms with Gasteiger partial charge < -0.3 is 26.5 Å². The van der Waals surface area contributed by atoms with Crippen molar-refractivity contribution in [3.63, 3.8) is 0 Å². The molecule has 3 aromatic rings. The largest absolute Gasteiger partial charge is 0.489 e. The van der Waals surface area contributed by atoms with E-state index in [0.717, 1.165) is 48.2 Å². The number of benzene rings is 2. The number of carbonyl (C=O) groups is 1. The van der Waals surface area contributed by atoms with Crippen molar-refractivity contribution in [1.82, 2.24) is 10.3 Å². The third-order valence-electron chi connectivity index (χ3n) is 5.29. The molecule has 1 aromatic heterocycles. The summed E-state index contributed by atoms with van der Waals surface area (Å²) in [5, 5.41) is 4.40. The fraction of sp³-hybridized carbons (Fsp3) is 0.348. The van der Waals surface area contributed by atoms with Crippen LogP contribution in [0, 0.1) is 0 Å². The topological polar surface area (TPSA) is 106 Å². The van der Waals surface area contributed by atoms with Crippen LogP contribution < -0.4 is 21.5 Å². The van der Waals surface area contributed by atoms with Crippen LogP contribution in [-0.4, -0.2) is 29.7 Å². The molecule has 2 aromatic carbocycles. The van der Waals surface area contributed by atoms with E-state index >= 15 is 0 Å². The van der Waals surface area contributed by atoms with Crippen LogP contribution in [0.25, 0.3) is 10.9 Å². The van der Waals surface area contributed by atoms with Gasteiger partial charge in [0.05, 0.1) is 11.1 Å². The number of H-pyrrole nitrogens is 1. The lowest BCUT2D eigenvalue weighted by Crippen LogP contribution is -2.26. The lowest BCUT2D eigenvalue weighted by molar-refractivity contribution is 0.100. The van der Waals surface area contributed by atoms with E-state index < -0.39 is 5.91 Å². The van der Waals surface area contributed by atoms with Crippen molar-refractivity contribution in [3.05, 3.63) is 59.3 Å². The van der Waals surface area contributed by atoms with Crippen molar-refractivity contribution in [2.45, 2.75) is 32.3 Å². The summed E-state index contributed by atoms with van der Waals surface area (Å²) in [7, 11) is 0. The van der Waals surface area contributed by atoms with Crippen LogP contribution in [0.5, 0.6) is 5.75 Å². The molecular weight excluding hydrogens is 396 g/mol. The van der Waals surface area contributed by atoms with Crippen molar-refractivity contribution < 1.29 is 9.53 Å². The van der Waals surface area contributed by atoms with Gasteiger partial charge in [-0.05, 0) is 61.4 Å². The van der Waals surface area contributed by atoms with Crippen molar-refractivity contribution in [3.8, 4) is 5.75 Å². The molecule has 1 saturated heterocycles. The Morgan fingerprint density at radius 3 is 2.60 bits per heavy atom. The van der Waals surface area contributed by atoms with Crippen LogP contribution in [-0.2, 0) is 6.61 Å². The van der Waals surface area contributed by atoms with Gasteiger partial charge in [-0.2, -0.15) is 12.6 Å². The number of nitrogen functional groups attached to an aromatic ring is 1. The van der Waals surface area contributed by atoms with Crippen LogP contribution in [0.15, 0.2) is 42.6 Å². The molecule has 7 heteroatoms. The van der Waals surface area contributed by atoms with Crippen molar-refractivity contribution >= 4 is 35.1 Å². The molecule has 6 N–H and O–H groups in total. The number of ether oxygens (including phenoxy) is 1. The molecule has 6 nitrogen and oxygen atoms in total. The number of nitrogens with one attached hydrogen (secondary N) is 2. The summed E-state index contributed by atoms with van der Waals surface area (Å²) in [5.41, 5.74) is 15.7. The second kappa shape index (κ2) is 10.4. The van der Waals surface area contributed by atoms with Crippen molar-refractivity contribution in [2.24, 2.45) is 5.73 Å². The van der Waals surface area contributed by atoms with Gasteiger partial charge in [0.1, 0.15) is 12.4 Å². The number of para-hydroxylation sites is 1. The van der Waals surface area contributed by atoms with Gasteiger partial charge in [-0.1, -0.05) is 25.1 Å². The average Bonchev–Trinajstić information content (AvgIpc) is 3.17. The highest BCUT2D eigenvalue weighted by Gasteiger charge is 2.21. The van der Waals surface area contributed by atoms with Gasteiger partial charge >= 0.3 is 0 Å². The number of amides is 1. The molecule has 0 aliphatic carbocycles. The Hall–Kier alpha value is -2.64. The Kier molecular flexibility index (Phi) is 7.65. The zero-order valence-corrected chi connectivity index (χ0v) is 18.2. The quantitative estimate of drug-likeness (QED) is 0.316. The third kappa shape index (κ3) is 5.09. The molecule has 1 aliphatic heterocycles. The Morgan fingerprint density at radius 1 is 1.23 bits per heavy atom. The van der Waals surface area contributed by atoms with Crippen LogP contribution in [0.2, 0.25) is 0 Å². The second-order valence-corrected chi connectivity index (χ2v) is 7.96. The summed E-state index contributed by atoms with van der Waals surface area (Å²) in [6.07, 6.45) is 4.15. The van der Waals surface area contributed by atoms with E-state index in [2.05, 4.69) is 22.9 Å². The Balaban J connectivity index is 0.000000806. The van der Waals surface area contributed by atoms with Gasteiger partial charge in [0.2, 0.25) is 0 Å². The highest BCUT2D eigenvalue weighted by Crippen LogP contribution is 2.35. The van der Waals surface area contributed by atoms with Crippen molar-refractivity contribution in [2.75, 3.05) is 24.6 Å². The number of hydrogen-bond donors (Lipinski definition) is 5. The Morgan fingerprint density at radius 2 is 1.93 bits per heavy atom. The minimum Gasteiger partial charge on any atom is -0.489 e. The molecule has 2 heterocycles. The maximum atomic E-state index is 12.0. The Labute approximate surface area is 182 Å². The number of aromatic amines is 1. The zero-order chi connectivity index (χ0) is 21.5. The fourth-order valence-corrected chi connectivity index (χ4v) is 3.80. The van der Waals surface area contributed by atoms with Crippen LogP contribution in [0.4, 0.5) is 5.69 Å². The van der Waals surface area contributed by atoms with E-state index in [1.165, 1.54) is 5.56 Å². The van der Waals surface area contributed by atoms with Gasteiger partial charge in [0.25, 0.3) is 5.91 Å². The summed E-state index contributed by atoms with van der Waals surface area (Å²) in [5.74, 6) is 1.55. The molecule has 30 heavy (non-hydrogen) atoms. The third-order valence-corrected chi connectivity index (χ3v) is 5.29. The molecule has 1 aliphatic rings. The van der Waals surface area contributed by atoms with E-state index in [1.807, 2.05) is 43.5 Å². The summed E-state index contributed by atoms with van der Waals surface area (Å²) >= 11 is 3.79. The maximum absolute atomic E-state index is 12.0. The standard InChI is InChI=1S/C21H24N4O2.C2H6S/c22-19-4-2-1-3-14(19)12-27-15-9-16-18(13-5-7-24-8-6-13)11-25-20(16)17(10-15)21(23)26;1-2-3/h1-4,9-11,13,24-25H,5-8,12,22H2,(H2,23,26);3H,2H2,1H3. The number of rotatable bonds is 5.